The zero-order valence-electron chi connectivity index (χ0n) is 7.66. The normalized spacial score (nSPS) is 9.69. The van der Waals surface area contributed by atoms with Gasteiger partial charge in [-0.2, -0.15) is 4.57 Å². The van der Waals surface area contributed by atoms with Crippen molar-refractivity contribution in [3.8, 4) is 0 Å². The van der Waals surface area contributed by atoms with Crippen molar-refractivity contribution in [2.24, 2.45) is 5.84 Å². The molecule has 0 aliphatic heterocycles. The molecule has 0 atom stereocenters. The van der Waals surface area contributed by atoms with Crippen LogP contribution in [0.15, 0.2) is 24.5 Å². The first-order chi connectivity index (χ1) is 6.26. The zero-order valence-corrected chi connectivity index (χ0v) is 7.66. The maximum atomic E-state index is 10.9. The highest BCUT2D eigenvalue weighted by Gasteiger charge is 2.05. The molecule has 0 spiro atoms. The lowest BCUT2D eigenvalue weighted by Crippen LogP contribution is -2.44. The maximum Gasteiger partial charge on any atom is 0.299 e. The van der Waals surface area contributed by atoms with Gasteiger partial charge in [-0.25, -0.2) is 5.84 Å². The number of nitrogens with zero attached hydrogens (tertiary/aromatic N) is 1. The Hall–Kier alpha value is -1.42. The monoisotopic (exact) mass is 180 g/mol. The van der Waals surface area contributed by atoms with Crippen LogP contribution in [0.5, 0.6) is 0 Å². The topological polar surface area (TPSA) is 59.0 Å². The van der Waals surface area contributed by atoms with Gasteiger partial charge in [-0.05, 0) is 12.0 Å². The summed E-state index contributed by atoms with van der Waals surface area (Å²) < 4.78 is 1.78. The van der Waals surface area contributed by atoms with Crippen molar-refractivity contribution < 1.29 is 9.36 Å². The number of hydrogen-bond donors (Lipinski definition) is 2. The number of hydrazine groups is 1. The number of carbonyl (C=O) groups is 1. The first-order valence-corrected chi connectivity index (χ1v) is 4.23. The lowest BCUT2D eigenvalue weighted by Gasteiger charge is -1.96. The summed E-state index contributed by atoms with van der Waals surface area (Å²) in [7, 11) is 0. The molecule has 0 unspecified atom stereocenters. The summed E-state index contributed by atoms with van der Waals surface area (Å²) in [6.45, 7) is 2.35. The maximum absolute atomic E-state index is 10.9. The van der Waals surface area contributed by atoms with Crippen LogP contribution < -0.4 is 15.8 Å². The lowest BCUT2D eigenvalue weighted by atomic mass is 10.2. The molecule has 0 bridgehead atoms. The number of aryl methyl sites for hydroxylation is 1. The van der Waals surface area contributed by atoms with Crippen molar-refractivity contribution in [3.05, 3.63) is 30.1 Å². The van der Waals surface area contributed by atoms with Crippen LogP contribution in [0.1, 0.15) is 12.5 Å². The van der Waals surface area contributed by atoms with Gasteiger partial charge < -0.3 is 0 Å². The first-order valence-electron chi connectivity index (χ1n) is 4.23. The van der Waals surface area contributed by atoms with E-state index in [1.54, 1.807) is 4.57 Å². The average Bonchev–Trinajstić information content (AvgIpc) is 2.19. The molecule has 70 valence electrons. The number of amides is 1. The fourth-order valence-electron chi connectivity index (χ4n) is 1.04. The van der Waals surface area contributed by atoms with Gasteiger partial charge in [0.05, 0.1) is 0 Å². The van der Waals surface area contributed by atoms with E-state index >= 15 is 0 Å². The summed E-state index contributed by atoms with van der Waals surface area (Å²) in [6, 6.07) is 3.98. The van der Waals surface area contributed by atoms with E-state index in [0.717, 1.165) is 6.42 Å². The van der Waals surface area contributed by atoms with Crippen molar-refractivity contribution in [1.82, 2.24) is 5.43 Å². The van der Waals surface area contributed by atoms with Crippen molar-refractivity contribution in [1.29, 1.82) is 0 Å². The van der Waals surface area contributed by atoms with E-state index in [0.29, 0.717) is 0 Å². The summed E-state index contributed by atoms with van der Waals surface area (Å²) in [6.07, 6.45) is 4.74. The Balaban J connectivity index is 2.64. The molecule has 4 nitrogen and oxygen atoms in total. The summed E-state index contributed by atoms with van der Waals surface area (Å²) in [5, 5.41) is 0. The minimum atomic E-state index is -0.200. The molecular weight excluding hydrogens is 166 g/mol. The third kappa shape index (κ3) is 2.83. The third-order valence-electron chi connectivity index (χ3n) is 1.86. The molecule has 0 aliphatic carbocycles. The molecule has 1 rings (SSSR count). The van der Waals surface area contributed by atoms with Crippen molar-refractivity contribution >= 4 is 5.91 Å². The minimum absolute atomic E-state index is 0.200. The van der Waals surface area contributed by atoms with Crippen LogP contribution in [-0.2, 0) is 17.8 Å². The molecule has 1 aromatic heterocycles. The fourth-order valence-corrected chi connectivity index (χ4v) is 1.04. The van der Waals surface area contributed by atoms with Gasteiger partial charge in [0.15, 0.2) is 12.4 Å². The number of hydrogen-bond acceptors (Lipinski definition) is 2. The second kappa shape index (κ2) is 4.57. The van der Waals surface area contributed by atoms with E-state index in [4.69, 9.17) is 5.84 Å². The molecular formula is C9H14N3O+. The minimum Gasteiger partial charge on any atom is -0.289 e. The van der Waals surface area contributed by atoms with Crippen LogP contribution in [0.2, 0.25) is 0 Å². The van der Waals surface area contributed by atoms with Gasteiger partial charge in [0, 0.05) is 12.1 Å². The second-order valence-electron chi connectivity index (χ2n) is 2.80. The molecule has 1 aromatic rings. The van der Waals surface area contributed by atoms with Crippen molar-refractivity contribution in [3.63, 3.8) is 0 Å². The summed E-state index contributed by atoms with van der Waals surface area (Å²) in [5.41, 5.74) is 3.34. The standard InChI is InChI=1S/C9H13N3O/c1-2-8-3-5-12(6-4-8)7-9(13)11-10/h3-6H,2,7,10H2,1H3/p+1. The summed E-state index contributed by atoms with van der Waals surface area (Å²) >= 11 is 0. The lowest BCUT2D eigenvalue weighted by molar-refractivity contribution is -0.684. The van der Waals surface area contributed by atoms with Gasteiger partial charge in [0.2, 0.25) is 6.54 Å². The van der Waals surface area contributed by atoms with Crippen molar-refractivity contribution in [2.75, 3.05) is 0 Å². The number of nitrogens with two attached hydrogens (primary N) is 1. The SMILES string of the molecule is CCc1cc[n+](CC(=O)NN)cc1. The number of pyridine rings is 1. The molecule has 0 aliphatic rings. The molecule has 4 heteroatoms. The van der Waals surface area contributed by atoms with E-state index < -0.39 is 0 Å². The largest absolute Gasteiger partial charge is 0.299 e. The van der Waals surface area contributed by atoms with E-state index in [1.807, 2.05) is 24.5 Å². The van der Waals surface area contributed by atoms with Gasteiger partial charge in [0.1, 0.15) is 0 Å². The molecule has 0 saturated heterocycles. The quantitative estimate of drug-likeness (QED) is 0.286. The number of rotatable bonds is 3. The van der Waals surface area contributed by atoms with Crippen LogP contribution in [0.4, 0.5) is 0 Å². The molecule has 1 amide bonds. The van der Waals surface area contributed by atoms with Gasteiger partial charge in [0.25, 0.3) is 5.91 Å². The first kappa shape index (κ1) is 9.67. The third-order valence-corrected chi connectivity index (χ3v) is 1.86. The van der Waals surface area contributed by atoms with Crippen LogP contribution in [0, 0.1) is 0 Å². The van der Waals surface area contributed by atoms with Gasteiger partial charge in [-0.1, -0.05) is 6.92 Å². The Morgan fingerprint density at radius 2 is 2.15 bits per heavy atom. The van der Waals surface area contributed by atoms with Crippen LogP contribution in [0.25, 0.3) is 0 Å². The Morgan fingerprint density at radius 3 is 2.62 bits per heavy atom. The number of nitrogens with one attached hydrogen (secondary N) is 1. The molecule has 0 saturated carbocycles. The van der Waals surface area contributed by atoms with E-state index in [1.165, 1.54) is 5.56 Å². The number of aromatic nitrogens is 1. The Bertz CT molecular complexity index is 281. The van der Waals surface area contributed by atoms with Crippen LogP contribution in [0.3, 0.4) is 0 Å². The Labute approximate surface area is 77.3 Å². The Morgan fingerprint density at radius 1 is 1.54 bits per heavy atom. The fraction of sp³-hybridized carbons (Fsp3) is 0.333. The predicted molar refractivity (Wildman–Crippen MR) is 48.3 cm³/mol. The van der Waals surface area contributed by atoms with E-state index in [9.17, 15) is 4.79 Å². The molecule has 0 aromatic carbocycles. The van der Waals surface area contributed by atoms with E-state index in [2.05, 4.69) is 12.3 Å². The molecule has 1 heterocycles. The Kier molecular flexibility index (Phi) is 3.40. The second-order valence-corrected chi connectivity index (χ2v) is 2.80. The van der Waals surface area contributed by atoms with Crippen LogP contribution in [-0.4, -0.2) is 5.91 Å². The number of carbonyl (C=O) groups excluding carboxylic acids is 1. The van der Waals surface area contributed by atoms with E-state index in [-0.39, 0.29) is 12.5 Å². The highest BCUT2D eigenvalue weighted by molar-refractivity contribution is 5.73. The van der Waals surface area contributed by atoms with Gasteiger partial charge >= 0.3 is 0 Å². The highest BCUT2D eigenvalue weighted by atomic mass is 16.2. The average molecular weight is 180 g/mol. The van der Waals surface area contributed by atoms with Gasteiger partial charge in [-0.3, -0.25) is 10.2 Å². The highest BCUT2D eigenvalue weighted by Crippen LogP contribution is 1.94. The zero-order chi connectivity index (χ0) is 9.68. The summed E-state index contributed by atoms with van der Waals surface area (Å²) in [4.78, 5) is 10.9. The molecule has 0 radical (unpaired) electrons. The molecule has 0 fully saturated rings. The van der Waals surface area contributed by atoms with Crippen LogP contribution >= 0.6 is 0 Å². The smallest absolute Gasteiger partial charge is 0.289 e. The summed E-state index contributed by atoms with van der Waals surface area (Å²) in [5.74, 6) is 4.76. The van der Waals surface area contributed by atoms with Gasteiger partial charge in [-0.15, -0.1) is 0 Å². The molecule has 13 heavy (non-hydrogen) atoms. The molecule has 3 N–H and O–H groups in total. The van der Waals surface area contributed by atoms with Crippen molar-refractivity contribution in [2.45, 2.75) is 19.9 Å². The predicted octanol–water partition coefficient (Wildman–Crippen LogP) is -0.474.